The van der Waals surface area contributed by atoms with Crippen molar-refractivity contribution in [1.29, 1.82) is 0 Å². The molecule has 1 saturated heterocycles. The topological polar surface area (TPSA) is 42.4 Å². The average Bonchev–Trinajstić information content (AvgIpc) is 2.61. The molecule has 1 aromatic carbocycles. The Morgan fingerprint density at radius 1 is 1.12 bits per heavy atom. The van der Waals surface area contributed by atoms with Gasteiger partial charge in [0.1, 0.15) is 12.4 Å². The molecule has 4 heteroatoms. The average molecular weight is 352 g/mol. The molecule has 0 spiro atoms. The summed E-state index contributed by atoms with van der Waals surface area (Å²) >= 11 is 0. The van der Waals surface area contributed by atoms with E-state index >= 15 is 0 Å². The third-order valence-electron chi connectivity index (χ3n) is 5.10. The Morgan fingerprint density at radius 3 is 2.42 bits per heavy atom. The van der Waals surface area contributed by atoms with E-state index in [0.29, 0.717) is 18.1 Å². The lowest BCUT2D eigenvalue weighted by molar-refractivity contribution is 0.0696. The normalized spacial score (nSPS) is 15.2. The van der Waals surface area contributed by atoms with E-state index in [9.17, 15) is 4.79 Å². The molecule has 1 fully saturated rings. The van der Waals surface area contributed by atoms with Crippen LogP contribution < -0.4 is 4.74 Å². The fraction of sp³-hybridized carbons (Fsp3) is 0.455. The van der Waals surface area contributed by atoms with Gasteiger partial charge in [0, 0.05) is 31.0 Å². The largest absolute Gasteiger partial charge is 0.488 e. The molecule has 1 amide bonds. The smallest absolute Gasteiger partial charge is 0.255 e. The van der Waals surface area contributed by atoms with Gasteiger partial charge in [0.05, 0.1) is 5.56 Å². The SMILES string of the molecule is Cc1cc(C)c(OCc2cncc(C(=O)N3CCC(C)CC3)c2)c(C)c1. The van der Waals surface area contributed by atoms with Crippen LogP contribution in [0.3, 0.4) is 0 Å². The lowest BCUT2D eigenvalue weighted by atomic mass is 9.99. The minimum Gasteiger partial charge on any atom is -0.488 e. The first kappa shape index (κ1) is 18.4. The zero-order chi connectivity index (χ0) is 18.7. The maximum Gasteiger partial charge on any atom is 0.255 e. The Balaban J connectivity index is 1.69. The number of hydrogen-bond acceptors (Lipinski definition) is 3. The lowest BCUT2D eigenvalue weighted by Gasteiger charge is -2.30. The van der Waals surface area contributed by atoms with Gasteiger partial charge in [-0.25, -0.2) is 0 Å². The van der Waals surface area contributed by atoms with E-state index in [0.717, 1.165) is 48.4 Å². The number of rotatable bonds is 4. The number of pyridine rings is 1. The molecule has 0 aliphatic carbocycles. The van der Waals surface area contributed by atoms with Crippen molar-refractivity contribution in [2.24, 2.45) is 5.92 Å². The third-order valence-corrected chi connectivity index (χ3v) is 5.10. The Bertz CT molecular complexity index is 769. The molecule has 0 bridgehead atoms. The number of carbonyl (C=O) groups is 1. The third kappa shape index (κ3) is 4.24. The monoisotopic (exact) mass is 352 g/mol. The van der Waals surface area contributed by atoms with E-state index in [1.54, 1.807) is 12.4 Å². The molecule has 1 aliphatic heterocycles. The second-order valence-electron chi connectivity index (χ2n) is 7.57. The second-order valence-corrected chi connectivity index (χ2v) is 7.57. The van der Waals surface area contributed by atoms with Gasteiger partial charge < -0.3 is 9.64 Å². The highest BCUT2D eigenvalue weighted by atomic mass is 16.5. The van der Waals surface area contributed by atoms with Crippen LogP contribution in [0.1, 0.15) is 52.4 Å². The zero-order valence-corrected chi connectivity index (χ0v) is 16.2. The number of amides is 1. The van der Waals surface area contributed by atoms with E-state index in [2.05, 4.69) is 44.8 Å². The summed E-state index contributed by atoms with van der Waals surface area (Å²) in [6.45, 7) is 10.5. The Morgan fingerprint density at radius 2 is 1.77 bits per heavy atom. The van der Waals surface area contributed by atoms with Crippen LogP contribution in [-0.2, 0) is 6.61 Å². The first-order valence-corrected chi connectivity index (χ1v) is 9.38. The Labute approximate surface area is 156 Å². The van der Waals surface area contributed by atoms with E-state index in [1.165, 1.54) is 5.56 Å². The molecule has 1 aliphatic rings. The standard InChI is InChI=1S/C22H28N2O2/c1-15-5-7-24(8-6-15)22(25)20-11-19(12-23-13-20)14-26-21-17(3)9-16(2)10-18(21)4/h9-13,15H,5-8,14H2,1-4H3. The number of ether oxygens (including phenoxy) is 1. The molecule has 0 saturated carbocycles. The first-order valence-electron chi connectivity index (χ1n) is 9.38. The lowest BCUT2D eigenvalue weighted by Crippen LogP contribution is -2.38. The fourth-order valence-electron chi connectivity index (χ4n) is 3.63. The summed E-state index contributed by atoms with van der Waals surface area (Å²) in [5.41, 5.74) is 5.06. The number of aromatic nitrogens is 1. The summed E-state index contributed by atoms with van der Waals surface area (Å²) in [7, 11) is 0. The van der Waals surface area contributed by atoms with Crippen LogP contribution in [0, 0.1) is 26.7 Å². The molecule has 4 nitrogen and oxygen atoms in total. The number of carbonyl (C=O) groups excluding carboxylic acids is 1. The van der Waals surface area contributed by atoms with Crippen LogP contribution in [0.25, 0.3) is 0 Å². The highest BCUT2D eigenvalue weighted by Gasteiger charge is 2.21. The van der Waals surface area contributed by atoms with Crippen LogP contribution in [0.5, 0.6) is 5.75 Å². The van der Waals surface area contributed by atoms with Crippen LogP contribution >= 0.6 is 0 Å². The summed E-state index contributed by atoms with van der Waals surface area (Å²) in [5, 5.41) is 0. The van der Waals surface area contributed by atoms with Crippen LogP contribution in [0.4, 0.5) is 0 Å². The number of nitrogens with zero attached hydrogens (tertiary/aromatic N) is 2. The maximum atomic E-state index is 12.7. The number of aryl methyl sites for hydroxylation is 3. The second kappa shape index (κ2) is 7.90. The van der Waals surface area contributed by atoms with Gasteiger partial charge in [-0.05, 0) is 56.7 Å². The molecule has 0 N–H and O–H groups in total. The predicted molar refractivity (Wildman–Crippen MR) is 104 cm³/mol. The van der Waals surface area contributed by atoms with Gasteiger partial charge in [0.15, 0.2) is 0 Å². The van der Waals surface area contributed by atoms with Gasteiger partial charge in [0.25, 0.3) is 5.91 Å². The van der Waals surface area contributed by atoms with Crippen molar-refractivity contribution in [2.75, 3.05) is 13.1 Å². The highest BCUT2D eigenvalue weighted by Crippen LogP contribution is 2.25. The molecule has 138 valence electrons. The zero-order valence-electron chi connectivity index (χ0n) is 16.2. The molecular weight excluding hydrogens is 324 g/mol. The van der Waals surface area contributed by atoms with Crippen molar-refractivity contribution in [1.82, 2.24) is 9.88 Å². The minimum absolute atomic E-state index is 0.0777. The Hall–Kier alpha value is -2.36. The fourth-order valence-corrected chi connectivity index (χ4v) is 3.63. The van der Waals surface area contributed by atoms with Crippen molar-refractivity contribution in [3.05, 3.63) is 58.4 Å². The van der Waals surface area contributed by atoms with Gasteiger partial charge in [-0.15, -0.1) is 0 Å². The van der Waals surface area contributed by atoms with Crippen LogP contribution in [0.2, 0.25) is 0 Å². The maximum absolute atomic E-state index is 12.7. The van der Waals surface area contributed by atoms with Gasteiger partial charge >= 0.3 is 0 Å². The van der Waals surface area contributed by atoms with Crippen molar-refractivity contribution >= 4 is 5.91 Å². The molecule has 3 rings (SSSR count). The molecule has 0 unspecified atom stereocenters. The van der Waals surface area contributed by atoms with Gasteiger partial charge in [-0.1, -0.05) is 24.6 Å². The molecule has 2 heterocycles. The Kier molecular flexibility index (Phi) is 5.60. The van der Waals surface area contributed by atoms with E-state index in [4.69, 9.17) is 4.74 Å². The van der Waals surface area contributed by atoms with Crippen LogP contribution in [-0.4, -0.2) is 28.9 Å². The van der Waals surface area contributed by atoms with Crippen molar-refractivity contribution < 1.29 is 9.53 Å². The molecule has 2 aromatic rings. The molecule has 0 radical (unpaired) electrons. The predicted octanol–water partition coefficient (Wildman–Crippen LogP) is 4.46. The van der Waals surface area contributed by atoms with E-state index in [-0.39, 0.29) is 5.91 Å². The van der Waals surface area contributed by atoms with Gasteiger partial charge in [-0.2, -0.15) is 0 Å². The summed E-state index contributed by atoms with van der Waals surface area (Å²) in [6.07, 6.45) is 5.59. The van der Waals surface area contributed by atoms with Gasteiger partial charge in [0.2, 0.25) is 0 Å². The molecular formula is C22H28N2O2. The minimum atomic E-state index is 0.0777. The van der Waals surface area contributed by atoms with Crippen LogP contribution in [0.15, 0.2) is 30.6 Å². The first-order chi connectivity index (χ1) is 12.4. The number of benzene rings is 1. The van der Waals surface area contributed by atoms with Crippen molar-refractivity contribution in [3.8, 4) is 5.75 Å². The quantitative estimate of drug-likeness (QED) is 0.816. The number of hydrogen-bond donors (Lipinski definition) is 0. The number of likely N-dealkylation sites (tertiary alicyclic amines) is 1. The van der Waals surface area contributed by atoms with Crippen molar-refractivity contribution in [2.45, 2.75) is 47.1 Å². The highest BCUT2D eigenvalue weighted by molar-refractivity contribution is 5.94. The summed E-state index contributed by atoms with van der Waals surface area (Å²) in [4.78, 5) is 18.9. The summed E-state index contributed by atoms with van der Waals surface area (Å²) in [5.74, 6) is 1.70. The molecule has 0 atom stereocenters. The number of piperidine rings is 1. The molecule has 26 heavy (non-hydrogen) atoms. The van der Waals surface area contributed by atoms with Gasteiger partial charge in [-0.3, -0.25) is 9.78 Å². The van der Waals surface area contributed by atoms with E-state index in [1.807, 2.05) is 11.0 Å². The molecule has 1 aromatic heterocycles. The van der Waals surface area contributed by atoms with Crippen molar-refractivity contribution in [3.63, 3.8) is 0 Å². The summed E-state index contributed by atoms with van der Waals surface area (Å²) < 4.78 is 6.04. The van der Waals surface area contributed by atoms with E-state index < -0.39 is 0 Å². The summed E-state index contributed by atoms with van der Waals surface area (Å²) in [6, 6.07) is 6.15.